The molecule has 0 bridgehead atoms. The molecule has 0 unspecified atom stereocenters. The lowest BCUT2D eigenvalue weighted by Crippen LogP contribution is -1.95. The Bertz CT molecular complexity index is 364. The van der Waals surface area contributed by atoms with Gasteiger partial charge in [-0.05, 0) is 22.4 Å². The first-order valence-corrected chi connectivity index (χ1v) is 4.45. The normalized spacial score (nSPS) is 10.6. The summed E-state index contributed by atoms with van der Waals surface area (Å²) in [6.07, 6.45) is 0. The molecule has 1 heterocycles. The fourth-order valence-corrected chi connectivity index (χ4v) is 2.14. The second-order valence-electron chi connectivity index (χ2n) is 2.46. The van der Waals surface area contributed by atoms with Crippen LogP contribution in [0.25, 0.3) is 10.1 Å². The fraction of sp³-hybridized carbons (Fsp3) is 0.111. The summed E-state index contributed by atoms with van der Waals surface area (Å²) in [5.74, 6) is 0. The van der Waals surface area contributed by atoms with E-state index in [4.69, 9.17) is 5.73 Å². The molecule has 2 aromatic rings. The highest BCUT2D eigenvalue weighted by Crippen LogP contribution is 2.23. The first-order chi connectivity index (χ1) is 5.42. The molecular formula is C9H9NS. The molecule has 0 saturated heterocycles. The quantitative estimate of drug-likeness (QED) is 0.686. The minimum Gasteiger partial charge on any atom is -0.326 e. The van der Waals surface area contributed by atoms with Crippen LogP contribution in [-0.2, 0) is 6.54 Å². The minimum absolute atomic E-state index is 0.637. The molecule has 0 radical (unpaired) electrons. The zero-order valence-electron chi connectivity index (χ0n) is 6.08. The van der Waals surface area contributed by atoms with E-state index in [2.05, 4.69) is 29.6 Å². The van der Waals surface area contributed by atoms with Gasteiger partial charge in [-0.2, -0.15) is 0 Å². The maximum atomic E-state index is 5.58. The number of thiophene rings is 1. The van der Waals surface area contributed by atoms with Crippen LogP contribution >= 0.6 is 11.3 Å². The topological polar surface area (TPSA) is 26.0 Å². The number of benzene rings is 1. The summed E-state index contributed by atoms with van der Waals surface area (Å²) in [6, 6.07) is 8.38. The van der Waals surface area contributed by atoms with Gasteiger partial charge in [0.2, 0.25) is 0 Å². The van der Waals surface area contributed by atoms with Crippen LogP contribution in [0.1, 0.15) is 5.56 Å². The molecule has 1 aromatic heterocycles. The average Bonchev–Trinajstić information content (AvgIpc) is 2.50. The van der Waals surface area contributed by atoms with Crippen molar-refractivity contribution in [2.45, 2.75) is 6.54 Å². The van der Waals surface area contributed by atoms with Gasteiger partial charge in [0.25, 0.3) is 0 Å². The highest BCUT2D eigenvalue weighted by atomic mass is 32.1. The zero-order chi connectivity index (χ0) is 7.68. The summed E-state index contributed by atoms with van der Waals surface area (Å²) >= 11 is 1.76. The molecule has 0 saturated carbocycles. The molecule has 0 amide bonds. The largest absolute Gasteiger partial charge is 0.326 e. The van der Waals surface area contributed by atoms with E-state index in [-0.39, 0.29) is 0 Å². The van der Waals surface area contributed by atoms with Gasteiger partial charge in [0.1, 0.15) is 0 Å². The maximum absolute atomic E-state index is 5.58. The first-order valence-electron chi connectivity index (χ1n) is 3.57. The van der Waals surface area contributed by atoms with Crippen LogP contribution in [0.15, 0.2) is 29.6 Å². The monoisotopic (exact) mass is 163 g/mol. The molecule has 0 atom stereocenters. The fourth-order valence-electron chi connectivity index (χ4n) is 1.22. The second-order valence-corrected chi connectivity index (χ2v) is 3.38. The van der Waals surface area contributed by atoms with Crippen molar-refractivity contribution in [1.82, 2.24) is 0 Å². The Morgan fingerprint density at radius 3 is 3.00 bits per heavy atom. The van der Waals surface area contributed by atoms with Crippen LogP contribution < -0.4 is 5.73 Å². The van der Waals surface area contributed by atoms with E-state index in [9.17, 15) is 0 Å². The molecule has 2 rings (SSSR count). The Morgan fingerprint density at radius 2 is 2.18 bits per heavy atom. The van der Waals surface area contributed by atoms with Gasteiger partial charge < -0.3 is 5.73 Å². The van der Waals surface area contributed by atoms with E-state index in [0.717, 1.165) is 0 Å². The van der Waals surface area contributed by atoms with E-state index >= 15 is 0 Å². The number of hydrogen-bond donors (Lipinski definition) is 1. The van der Waals surface area contributed by atoms with Crippen LogP contribution in [0.2, 0.25) is 0 Å². The molecule has 0 fully saturated rings. The Morgan fingerprint density at radius 1 is 1.27 bits per heavy atom. The predicted octanol–water partition coefficient (Wildman–Crippen LogP) is 2.36. The summed E-state index contributed by atoms with van der Waals surface area (Å²) in [5, 5.41) is 3.40. The lowest BCUT2D eigenvalue weighted by atomic mass is 10.2. The van der Waals surface area contributed by atoms with E-state index < -0.39 is 0 Å². The molecule has 1 aromatic carbocycles. The average molecular weight is 163 g/mol. The lowest BCUT2D eigenvalue weighted by Gasteiger charge is -1.96. The standard InChI is InChI=1S/C9H9NS/c10-6-8-3-1-2-7-4-5-11-9(7)8/h1-5H,6,10H2. The SMILES string of the molecule is NCc1cccc2ccsc12. The van der Waals surface area contributed by atoms with Gasteiger partial charge >= 0.3 is 0 Å². The minimum atomic E-state index is 0.637. The molecule has 2 heteroatoms. The van der Waals surface area contributed by atoms with Gasteiger partial charge in [-0.3, -0.25) is 0 Å². The van der Waals surface area contributed by atoms with Crippen molar-refractivity contribution in [3.63, 3.8) is 0 Å². The van der Waals surface area contributed by atoms with Gasteiger partial charge in [-0.1, -0.05) is 18.2 Å². The second kappa shape index (κ2) is 2.64. The van der Waals surface area contributed by atoms with Gasteiger partial charge in [-0.15, -0.1) is 11.3 Å². The summed E-state index contributed by atoms with van der Waals surface area (Å²) in [7, 11) is 0. The molecule has 0 aliphatic heterocycles. The van der Waals surface area contributed by atoms with Crippen LogP contribution in [0, 0.1) is 0 Å². The van der Waals surface area contributed by atoms with E-state index in [1.807, 2.05) is 0 Å². The number of hydrogen-bond acceptors (Lipinski definition) is 2. The van der Waals surface area contributed by atoms with Gasteiger partial charge in [0.05, 0.1) is 0 Å². The molecule has 0 aliphatic carbocycles. The first kappa shape index (κ1) is 6.83. The van der Waals surface area contributed by atoms with Crippen LogP contribution in [0.5, 0.6) is 0 Å². The third kappa shape index (κ3) is 1.04. The highest BCUT2D eigenvalue weighted by Gasteiger charge is 1.98. The number of nitrogens with two attached hydrogens (primary N) is 1. The van der Waals surface area contributed by atoms with Crippen molar-refractivity contribution in [2.24, 2.45) is 5.73 Å². The van der Waals surface area contributed by atoms with Crippen LogP contribution in [-0.4, -0.2) is 0 Å². The van der Waals surface area contributed by atoms with Gasteiger partial charge in [0.15, 0.2) is 0 Å². The van der Waals surface area contributed by atoms with Gasteiger partial charge in [-0.25, -0.2) is 0 Å². The Kier molecular flexibility index (Phi) is 1.64. The molecule has 1 nitrogen and oxygen atoms in total. The Hall–Kier alpha value is -0.860. The molecule has 56 valence electrons. The Labute approximate surface area is 69.5 Å². The van der Waals surface area contributed by atoms with Crippen LogP contribution in [0.4, 0.5) is 0 Å². The zero-order valence-corrected chi connectivity index (χ0v) is 6.90. The molecule has 0 aliphatic rings. The number of fused-ring (bicyclic) bond motifs is 1. The van der Waals surface area contributed by atoms with Crippen molar-refractivity contribution in [1.29, 1.82) is 0 Å². The maximum Gasteiger partial charge on any atom is 0.0387 e. The predicted molar refractivity (Wildman–Crippen MR) is 49.7 cm³/mol. The summed E-state index contributed by atoms with van der Waals surface area (Å²) in [4.78, 5) is 0. The van der Waals surface area contributed by atoms with Crippen molar-refractivity contribution in [3.8, 4) is 0 Å². The Balaban J connectivity index is 2.79. The lowest BCUT2D eigenvalue weighted by molar-refractivity contribution is 1.09. The van der Waals surface area contributed by atoms with E-state index in [0.29, 0.717) is 6.54 Å². The van der Waals surface area contributed by atoms with Crippen LogP contribution in [0.3, 0.4) is 0 Å². The third-order valence-electron chi connectivity index (χ3n) is 1.78. The van der Waals surface area contributed by atoms with E-state index in [1.54, 1.807) is 11.3 Å². The summed E-state index contributed by atoms with van der Waals surface area (Å²) < 4.78 is 1.33. The van der Waals surface area contributed by atoms with Crippen molar-refractivity contribution < 1.29 is 0 Å². The van der Waals surface area contributed by atoms with Crippen molar-refractivity contribution in [2.75, 3.05) is 0 Å². The summed E-state index contributed by atoms with van der Waals surface area (Å²) in [5.41, 5.74) is 6.83. The van der Waals surface area contributed by atoms with Crippen molar-refractivity contribution >= 4 is 21.4 Å². The molecule has 2 N–H and O–H groups in total. The molecule has 11 heavy (non-hydrogen) atoms. The molecular weight excluding hydrogens is 154 g/mol. The van der Waals surface area contributed by atoms with E-state index in [1.165, 1.54) is 15.6 Å². The third-order valence-corrected chi connectivity index (χ3v) is 2.79. The van der Waals surface area contributed by atoms with Crippen molar-refractivity contribution in [3.05, 3.63) is 35.2 Å². The summed E-state index contributed by atoms with van der Waals surface area (Å²) in [6.45, 7) is 0.637. The van der Waals surface area contributed by atoms with Gasteiger partial charge in [0, 0.05) is 11.2 Å². The smallest absolute Gasteiger partial charge is 0.0387 e. The number of rotatable bonds is 1. The molecule has 0 spiro atoms. The highest BCUT2D eigenvalue weighted by molar-refractivity contribution is 7.17.